The smallest absolute Gasteiger partial charge is 0.341 e. The Bertz CT molecular complexity index is 1840. The van der Waals surface area contributed by atoms with Gasteiger partial charge in [-0.05, 0) is 66.9 Å². The van der Waals surface area contributed by atoms with Crippen molar-refractivity contribution in [1.82, 2.24) is 4.57 Å². The van der Waals surface area contributed by atoms with Crippen molar-refractivity contribution in [3.63, 3.8) is 0 Å². The van der Waals surface area contributed by atoms with E-state index < -0.39 is 18.6 Å². The number of carbonyl (C=O) groups is 2. The number of hydrogen-bond donors (Lipinski definition) is 2. The van der Waals surface area contributed by atoms with Crippen LogP contribution in [0.4, 0.5) is 5.69 Å². The van der Waals surface area contributed by atoms with Crippen LogP contribution in [0.2, 0.25) is 0 Å². The Balaban J connectivity index is 1.61. The van der Waals surface area contributed by atoms with Crippen molar-refractivity contribution in [3.8, 4) is 11.5 Å². The van der Waals surface area contributed by atoms with Gasteiger partial charge in [0.2, 0.25) is 0 Å². The highest BCUT2D eigenvalue weighted by atomic mass is 32.1. The molecule has 10 heteroatoms. The third kappa shape index (κ3) is 5.82. The van der Waals surface area contributed by atoms with Gasteiger partial charge >= 0.3 is 5.97 Å². The van der Waals surface area contributed by atoms with Crippen molar-refractivity contribution in [1.29, 1.82) is 0 Å². The number of para-hydroxylation sites is 1. The van der Waals surface area contributed by atoms with Gasteiger partial charge in [-0.2, -0.15) is 0 Å². The maximum absolute atomic E-state index is 13.9. The first-order valence-electron chi connectivity index (χ1n) is 12.7. The molecule has 1 aromatic heterocycles. The molecule has 3 aromatic carbocycles. The number of thiazole rings is 1. The molecule has 208 valence electrons. The molecule has 9 nitrogen and oxygen atoms in total. The molecule has 0 spiro atoms. The molecule has 1 aliphatic rings. The van der Waals surface area contributed by atoms with Crippen molar-refractivity contribution in [2.45, 2.75) is 19.9 Å². The number of methoxy groups -OCH3 is 1. The van der Waals surface area contributed by atoms with Crippen LogP contribution in [0.25, 0.3) is 6.08 Å². The number of aliphatic carboxylic acids is 1. The summed E-state index contributed by atoms with van der Waals surface area (Å²) in [6.07, 6.45) is 1.74. The fourth-order valence-corrected chi connectivity index (χ4v) is 5.66. The normalized spacial score (nSPS) is 14.7. The molecular weight excluding hydrogens is 542 g/mol. The second-order valence-electron chi connectivity index (χ2n) is 9.38. The summed E-state index contributed by atoms with van der Waals surface area (Å²) in [7, 11) is 1.58. The Morgan fingerprint density at radius 3 is 2.49 bits per heavy atom. The molecule has 0 saturated heterocycles. The van der Waals surface area contributed by atoms with Crippen LogP contribution in [0.15, 0.2) is 93.9 Å². The molecule has 0 aliphatic carbocycles. The maximum Gasteiger partial charge on any atom is 0.341 e. The Morgan fingerprint density at radius 1 is 1.07 bits per heavy atom. The van der Waals surface area contributed by atoms with Crippen LogP contribution < -0.4 is 29.7 Å². The summed E-state index contributed by atoms with van der Waals surface area (Å²) in [5, 5.41) is 11.8. The second kappa shape index (κ2) is 11.6. The SMILES string of the molecule is COc1cc([C@@H]2C(C(=O)Nc3ccccc3)=C(C)N=c3s/c(=C\c4ccc(OCC(=O)O)cc4)c(=O)n32)ccc1C. The van der Waals surface area contributed by atoms with Crippen LogP contribution >= 0.6 is 11.3 Å². The number of amides is 1. The van der Waals surface area contributed by atoms with Crippen LogP contribution in [0.3, 0.4) is 0 Å². The minimum atomic E-state index is -1.07. The molecule has 1 atom stereocenters. The molecular formula is C31H27N3O6S. The summed E-state index contributed by atoms with van der Waals surface area (Å²) in [5.41, 5.74) is 3.58. The van der Waals surface area contributed by atoms with E-state index in [1.54, 1.807) is 61.1 Å². The van der Waals surface area contributed by atoms with E-state index in [9.17, 15) is 14.4 Å². The highest BCUT2D eigenvalue weighted by Crippen LogP contribution is 2.33. The van der Waals surface area contributed by atoms with Gasteiger partial charge < -0.3 is 19.9 Å². The molecule has 41 heavy (non-hydrogen) atoms. The molecule has 0 radical (unpaired) electrons. The predicted octanol–water partition coefficient (Wildman–Crippen LogP) is 3.65. The van der Waals surface area contributed by atoms with Crippen molar-refractivity contribution < 1.29 is 24.2 Å². The zero-order valence-electron chi connectivity index (χ0n) is 22.6. The number of carboxylic acids is 1. The van der Waals surface area contributed by atoms with Crippen LogP contribution in [0.5, 0.6) is 11.5 Å². The van der Waals surface area contributed by atoms with Crippen molar-refractivity contribution in [3.05, 3.63) is 120 Å². The fourth-order valence-electron chi connectivity index (χ4n) is 4.61. The number of aromatic nitrogens is 1. The van der Waals surface area contributed by atoms with Crippen LogP contribution in [0, 0.1) is 6.92 Å². The summed E-state index contributed by atoms with van der Waals surface area (Å²) in [6, 6.07) is 20.8. The molecule has 0 unspecified atom stereocenters. The van der Waals surface area contributed by atoms with E-state index in [-0.39, 0.29) is 11.5 Å². The number of fused-ring (bicyclic) bond motifs is 1. The maximum atomic E-state index is 13.9. The zero-order chi connectivity index (χ0) is 29.1. The van der Waals surface area contributed by atoms with E-state index in [1.165, 1.54) is 11.3 Å². The number of aryl methyl sites for hydroxylation is 1. The average molecular weight is 570 g/mol. The molecule has 1 aliphatic heterocycles. The Labute approximate surface area is 239 Å². The number of nitrogens with one attached hydrogen (secondary N) is 1. The lowest BCUT2D eigenvalue weighted by molar-refractivity contribution is -0.139. The standard InChI is InChI=1S/C31H27N3O6S/c1-18-9-12-21(16-24(18)39-3)28-27(29(37)33-22-7-5-4-6-8-22)19(2)32-31-34(28)30(38)25(41-31)15-20-10-13-23(14-11-20)40-17-26(35)36/h4-16,28H,17H2,1-3H3,(H,33,37)(H,35,36)/b25-15-/t28-/m1/s1. The number of carbonyl (C=O) groups excluding carboxylic acids is 1. The largest absolute Gasteiger partial charge is 0.496 e. The van der Waals surface area contributed by atoms with Crippen LogP contribution in [0.1, 0.15) is 29.7 Å². The number of hydrogen-bond acceptors (Lipinski definition) is 7. The monoisotopic (exact) mass is 569 g/mol. The predicted molar refractivity (Wildman–Crippen MR) is 156 cm³/mol. The Kier molecular flexibility index (Phi) is 7.84. The number of carboxylic acid groups (broad SMARTS) is 1. The zero-order valence-corrected chi connectivity index (χ0v) is 23.4. The molecule has 0 bridgehead atoms. The second-order valence-corrected chi connectivity index (χ2v) is 10.4. The lowest BCUT2D eigenvalue weighted by Crippen LogP contribution is -2.40. The summed E-state index contributed by atoms with van der Waals surface area (Å²) in [5.74, 6) is -0.368. The van der Waals surface area contributed by atoms with E-state index >= 15 is 0 Å². The molecule has 2 N–H and O–H groups in total. The Hall–Kier alpha value is -4.96. The first-order valence-corrected chi connectivity index (χ1v) is 13.5. The Morgan fingerprint density at radius 2 is 1.80 bits per heavy atom. The molecule has 0 saturated carbocycles. The van der Waals surface area contributed by atoms with Crippen LogP contribution in [-0.4, -0.2) is 35.3 Å². The van der Waals surface area contributed by atoms with Gasteiger partial charge in [0.25, 0.3) is 11.5 Å². The lowest BCUT2D eigenvalue weighted by atomic mass is 9.94. The number of rotatable bonds is 8. The fraction of sp³-hybridized carbons (Fsp3) is 0.161. The van der Waals surface area contributed by atoms with Gasteiger partial charge in [-0.3, -0.25) is 14.2 Å². The first-order chi connectivity index (χ1) is 19.7. The van der Waals surface area contributed by atoms with E-state index in [0.29, 0.717) is 43.4 Å². The highest BCUT2D eigenvalue weighted by molar-refractivity contribution is 7.07. The minimum Gasteiger partial charge on any atom is -0.496 e. The van der Waals surface area contributed by atoms with Crippen molar-refractivity contribution >= 4 is 35.0 Å². The minimum absolute atomic E-state index is 0.290. The number of ether oxygens (including phenoxy) is 2. The van der Waals surface area contributed by atoms with Gasteiger partial charge in [-0.1, -0.05) is 53.8 Å². The van der Waals surface area contributed by atoms with E-state index in [1.807, 2.05) is 43.3 Å². The average Bonchev–Trinajstić information content (AvgIpc) is 3.26. The third-order valence-corrected chi connectivity index (χ3v) is 7.57. The summed E-state index contributed by atoms with van der Waals surface area (Å²) < 4.78 is 12.7. The number of anilines is 1. The summed E-state index contributed by atoms with van der Waals surface area (Å²) in [4.78, 5) is 43.5. The van der Waals surface area contributed by atoms with E-state index in [0.717, 1.165) is 11.1 Å². The number of benzene rings is 3. The molecule has 0 fully saturated rings. The molecule has 1 amide bonds. The van der Waals surface area contributed by atoms with Crippen molar-refractivity contribution in [2.75, 3.05) is 19.0 Å². The number of nitrogens with zero attached hydrogens (tertiary/aromatic N) is 2. The first kappa shape index (κ1) is 27.6. The van der Waals surface area contributed by atoms with Crippen LogP contribution in [-0.2, 0) is 9.59 Å². The van der Waals surface area contributed by atoms with Gasteiger partial charge in [-0.25, -0.2) is 9.79 Å². The van der Waals surface area contributed by atoms with Gasteiger partial charge in [0, 0.05) is 5.69 Å². The lowest BCUT2D eigenvalue weighted by Gasteiger charge is -2.26. The van der Waals surface area contributed by atoms with Gasteiger partial charge in [0.1, 0.15) is 11.5 Å². The molecule has 4 aromatic rings. The van der Waals surface area contributed by atoms with E-state index in [4.69, 9.17) is 14.6 Å². The molecule has 5 rings (SSSR count). The molecule has 2 heterocycles. The van der Waals surface area contributed by atoms with Gasteiger partial charge in [0.05, 0.1) is 29.0 Å². The summed E-state index contributed by atoms with van der Waals surface area (Å²) in [6.45, 7) is 3.25. The third-order valence-electron chi connectivity index (χ3n) is 6.59. The summed E-state index contributed by atoms with van der Waals surface area (Å²) >= 11 is 1.23. The van der Waals surface area contributed by atoms with Gasteiger partial charge in [0.15, 0.2) is 11.4 Å². The quantitative estimate of drug-likeness (QED) is 0.334. The van der Waals surface area contributed by atoms with E-state index in [2.05, 4.69) is 10.3 Å². The highest BCUT2D eigenvalue weighted by Gasteiger charge is 2.33. The topological polar surface area (TPSA) is 119 Å². The number of allylic oxidation sites excluding steroid dienone is 1. The van der Waals surface area contributed by atoms with Gasteiger partial charge in [-0.15, -0.1) is 0 Å². The van der Waals surface area contributed by atoms with Crippen molar-refractivity contribution in [2.24, 2.45) is 4.99 Å².